The molecule has 0 radical (unpaired) electrons. The van der Waals surface area contributed by atoms with Crippen LogP contribution >= 0.6 is 11.8 Å². The zero-order chi connectivity index (χ0) is 12.1. The third-order valence-corrected chi connectivity index (χ3v) is 4.68. The second kappa shape index (κ2) is 6.41. The van der Waals surface area contributed by atoms with Crippen molar-refractivity contribution < 1.29 is 4.74 Å². The van der Waals surface area contributed by atoms with Gasteiger partial charge in [0.25, 0.3) is 0 Å². The molecule has 4 heteroatoms. The predicted octanol–water partition coefficient (Wildman–Crippen LogP) is 1.44. The number of hydrogen-bond donors (Lipinski definition) is 1. The molecule has 2 rings (SSSR count). The minimum Gasteiger partial charge on any atom is -0.381 e. The molecule has 2 fully saturated rings. The van der Waals surface area contributed by atoms with E-state index in [4.69, 9.17) is 4.74 Å². The Morgan fingerprint density at radius 2 is 2.12 bits per heavy atom. The molecule has 2 aliphatic heterocycles. The van der Waals surface area contributed by atoms with Crippen molar-refractivity contribution in [1.29, 1.82) is 0 Å². The van der Waals surface area contributed by atoms with Gasteiger partial charge in [0, 0.05) is 55.7 Å². The van der Waals surface area contributed by atoms with E-state index < -0.39 is 0 Å². The Hall–Kier alpha value is 0.230. The Balaban J connectivity index is 1.86. The fraction of sp³-hybridized carbons (Fsp3) is 1.00. The van der Waals surface area contributed by atoms with Crippen LogP contribution in [0.25, 0.3) is 0 Å². The average molecular weight is 258 g/mol. The number of hydrogen-bond acceptors (Lipinski definition) is 4. The lowest BCUT2D eigenvalue weighted by atomic mass is 9.86. The number of nitrogens with zero attached hydrogens (tertiary/aromatic N) is 1. The van der Waals surface area contributed by atoms with E-state index in [1.807, 2.05) is 0 Å². The minimum atomic E-state index is 0.367. The fourth-order valence-electron chi connectivity index (χ4n) is 2.62. The van der Waals surface area contributed by atoms with E-state index in [0.717, 1.165) is 19.8 Å². The summed E-state index contributed by atoms with van der Waals surface area (Å²) in [4.78, 5) is 2.63. The highest BCUT2D eigenvalue weighted by molar-refractivity contribution is 7.99. The first kappa shape index (κ1) is 13.7. The molecule has 0 aromatic rings. The zero-order valence-corrected chi connectivity index (χ0v) is 12.0. The van der Waals surface area contributed by atoms with Gasteiger partial charge in [-0.05, 0) is 6.42 Å². The second-order valence-electron chi connectivity index (χ2n) is 5.73. The van der Waals surface area contributed by atoms with Crippen molar-refractivity contribution in [2.75, 3.05) is 50.9 Å². The van der Waals surface area contributed by atoms with Crippen molar-refractivity contribution in [2.24, 2.45) is 5.41 Å². The summed E-state index contributed by atoms with van der Waals surface area (Å²) in [7, 11) is 0. The molecule has 1 N–H and O–H groups in total. The molecule has 0 aromatic carbocycles. The van der Waals surface area contributed by atoms with Crippen LogP contribution in [0, 0.1) is 5.41 Å². The van der Waals surface area contributed by atoms with Crippen LogP contribution in [-0.2, 0) is 4.74 Å². The van der Waals surface area contributed by atoms with E-state index >= 15 is 0 Å². The molecule has 17 heavy (non-hydrogen) atoms. The Kier molecular flexibility index (Phi) is 5.15. The zero-order valence-electron chi connectivity index (χ0n) is 11.2. The quantitative estimate of drug-likeness (QED) is 0.806. The van der Waals surface area contributed by atoms with Crippen molar-refractivity contribution in [3.8, 4) is 0 Å². The first-order valence-corrected chi connectivity index (χ1v) is 7.97. The molecule has 0 saturated carbocycles. The van der Waals surface area contributed by atoms with Gasteiger partial charge in [-0.3, -0.25) is 0 Å². The van der Waals surface area contributed by atoms with Crippen molar-refractivity contribution in [3.63, 3.8) is 0 Å². The van der Waals surface area contributed by atoms with Gasteiger partial charge < -0.3 is 15.0 Å². The monoisotopic (exact) mass is 258 g/mol. The molecule has 0 aromatic heterocycles. The smallest absolute Gasteiger partial charge is 0.0547 e. The molecule has 2 aliphatic rings. The molecular formula is C13H26N2OS. The predicted molar refractivity (Wildman–Crippen MR) is 74.8 cm³/mol. The van der Waals surface area contributed by atoms with Gasteiger partial charge in [0.2, 0.25) is 0 Å². The van der Waals surface area contributed by atoms with E-state index in [1.165, 1.54) is 37.6 Å². The van der Waals surface area contributed by atoms with Gasteiger partial charge in [-0.2, -0.15) is 11.8 Å². The van der Waals surface area contributed by atoms with Crippen LogP contribution in [0.2, 0.25) is 0 Å². The standard InChI is InChI=1S/C13H26N2OS/c1-12(2)14-9-13(3-6-16-11-13)10-15-4-7-17-8-5-15/h12,14H,3-11H2,1-2H3. The molecule has 3 nitrogen and oxygen atoms in total. The summed E-state index contributed by atoms with van der Waals surface area (Å²) in [5, 5.41) is 3.61. The third-order valence-electron chi connectivity index (χ3n) is 3.73. The average Bonchev–Trinajstić information content (AvgIpc) is 2.77. The Bertz CT molecular complexity index is 223. The highest BCUT2D eigenvalue weighted by Gasteiger charge is 2.36. The van der Waals surface area contributed by atoms with E-state index in [-0.39, 0.29) is 0 Å². The van der Waals surface area contributed by atoms with E-state index in [1.54, 1.807) is 0 Å². The van der Waals surface area contributed by atoms with Gasteiger partial charge in [-0.15, -0.1) is 0 Å². The van der Waals surface area contributed by atoms with Gasteiger partial charge >= 0.3 is 0 Å². The van der Waals surface area contributed by atoms with Gasteiger partial charge in [-0.1, -0.05) is 13.8 Å². The molecule has 100 valence electrons. The van der Waals surface area contributed by atoms with Crippen LogP contribution in [0.5, 0.6) is 0 Å². The molecule has 2 saturated heterocycles. The first-order valence-electron chi connectivity index (χ1n) is 6.81. The van der Waals surface area contributed by atoms with Gasteiger partial charge in [-0.25, -0.2) is 0 Å². The van der Waals surface area contributed by atoms with Crippen LogP contribution in [0.3, 0.4) is 0 Å². The minimum absolute atomic E-state index is 0.367. The van der Waals surface area contributed by atoms with Crippen molar-refractivity contribution >= 4 is 11.8 Å². The van der Waals surface area contributed by atoms with Crippen LogP contribution in [0.15, 0.2) is 0 Å². The Morgan fingerprint density at radius 3 is 2.71 bits per heavy atom. The molecule has 2 heterocycles. The number of thioether (sulfide) groups is 1. The molecule has 1 atom stereocenters. The molecule has 1 unspecified atom stereocenters. The van der Waals surface area contributed by atoms with Crippen LogP contribution < -0.4 is 5.32 Å². The highest BCUT2D eigenvalue weighted by atomic mass is 32.2. The number of nitrogens with one attached hydrogen (secondary N) is 1. The SMILES string of the molecule is CC(C)NCC1(CN2CCSCC2)CCOC1. The fourth-order valence-corrected chi connectivity index (χ4v) is 3.60. The lowest BCUT2D eigenvalue weighted by Crippen LogP contribution is -2.48. The maximum absolute atomic E-state index is 5.66. The first-order chi connectivity index (χ1) is 8.20. The maximum atomic E-state index is 5.66. The summed E-state index contributed by atoms with van der Waals surface area (Å²) < 4.78 is 5.66. The van der Waals surface area contributed by atoms with E-state index in [9.17, 15) is 0 Å². The summed E-state index contributed by atoms with van der Waals surface area (Å²) in [6, 6.07) is 0.574. The molecule has 0 amide bonds. The second-order valence-corrected chi connectivity index (χ2v) is 6.95. The molecular weight excluding hydrogens is 232 g/mol. The molecule has 0 spiro atoms. The summed E-state index contributed by atoms with van der Waals surface area (Å²) in [5.41, 5.74) is 0.367. The van der Waals surface area contributed by atoms with Crippen molar-refractivity contribution in [1.82, 2.24) is 10.2 Å². The highest BCUT2D eigenvalue weighted by Crippen LogP contribution is 2.30. The normalized spacial score (nSPS) is 31.2. The van der Waals surface area contributed by atoms with E-state index in [2.05, 4.69) is 35.8 Å². The molecule has 0 bridgehead atoms. The van der Waals surface area contributed by atoms with Crippen LogP contribution in [-0.4, -0.2) is 61.8 Å². The van der Waals surface area contributed by atoms with Crippen molar-refractivity contribution in [2.45, 2.75) is 26.3 Å². The maximum Gasteiger partial charge on any atom is 0.0547 e. The van der Waals surface area contributed by atoms with Gasteiger partial charge in [0.05, 0.1) is 6.61 Å². The summed E-state index contributed by atoms with van der Waals surface area (Å²) in [6.45, 7) is 11.2. The Morgan fingerprint density at radius 1 is 1.35 bits per heavy atom. The van der Waals surface area contributed by atoms with Crippen molar-refractivity contribution in [3.05, 3.63) is 0 Å². The lowest BCUT2D eigenvalue weighted by molar-refractivity contribution is 0.111. The van der Waals surface area contributed by atoms with Crippen LogP contribution in [0.1, 0.15) is 20.3 Å². The van der Waals surface area contributed by atoms with Gasteiger partial charge in [0.15, 0.2) is 0 Å². The lowest BCUT2D eigenvalue weighted by Gasteiger charge is -2.36. The Labute approximate surface area is 110 Å². The van der Waals surface area contributed by atoms with E-state index in [0.29, 0.717) is 11.5 Å². The molecule has 0 aliphatic carbocycles. The number of ether oxygens (including phenoxy) is 1. The third kappa shape index (κ3) is 4.12. The topological polar surface area (TPSA) is 24.5 Å². The summed E-state index contributed by atoms with van der Waals surface area (Å²) >= 11 is 2.09. The summed E-state index contributed by atoms with van der Waals surface area (Å²) in [6.07, 6.45) is 1.22. The largest absolute Gasteiger partial charge is 0.381 e. The van der Waals surface area contributed by atoms with Gasteiger partial charge in [0.1, 0.15) is 0 Å². The summed E-state index contributed by atoms with van der Waals surface area (Å²) in [5.74, 6) is 2.60. The number of rotatable bonds is 5. The van der Waals surface area contributed by atoms with Crippen LogP contribution in [0.4, 0.5) is 0 Å².